The van der Waals surface area contributed by atoms with Crippen LogP contribution in [-0.4, -0.2) is 13.1 Å². The van der Waals surface area contributed by atoms with E-state index in [1.54, 1.807) is 0 Å². The van der Waals surface area contributed by atoms with E-state index in [1.165, 1.54) is 16.7 Å². The highest BCUT2D eigenvalue weighted by atomic mass is 31.0. The Labute approximate surface area is 82.3 Å². The van der Waals surface area contributed by atoms with Crippen LogP contribution in [0.3, 0.4) is 0 Å². The van der Waals surface area contributed by atoms with Gasteiger partial charge in [-0.05, 0) is 25.2 Å². The lowest BCUT2D eigenvalue weighted by Gasteiger charge is -2.13. The molecule has 0 amide bonds. The van der Waals surface area contributed by atoms with Crippen LogP contribution in [0.1, 0.15) is 13.8 Å². The van der Waals surface area contributed by atoms with Gasteiger partial charge in [-0.2, -0.15) is 0 Å². The Kier molecular flexibility index (Phi) is 4.04. The maximum absolute atomic E-state index is 3.35. The van der Waals surface area contributed by atoms with Crippen molar-refractivity contribution in [2.75, 3.05) is 23.7 Å². The Morgan fingerprint density at radius 3 is 2.46 bits per heavy atom. The normalized spacial score (nSPS) is 9.77. The van der Waals surface area contributed by atoms with Crippen molar-refractivity contribution in [3.63, 3.8) is 0 Å². The molecule has 1 rings (SSSR count). The third-order valence-electron chi connectivity index (χ3n) is 1.82. The van der Waals surface area contributed by atoms with Gasteiger partial charge in [0.1, 0.15) is 0 Å². The molecule has 1 aromatic rings. The molecular weight excluding hydrogens is 179 g/mol. The van der Waals surface area contributed by atoms with Crippen molar-refractivity contribution >= 4 is 25.9 Å². The lowest BCUT2D eigenvalue weighted by Crippen LogP contribution is -2.10. The summed E-state index contributed by atoms with van der Waals surface area (Å²) < 4.78 is 0. The van der Waals surface area contributed by atoms with Gasteiger partial charge in [-0.25, -0.2) is 0 Å². The Morgan fingerprint density at radius 2 is 1.85 bits per heavy atom. The van der Waals surface area contributed by atoms with Crippen molar-refractivity contribution in [3.05, 3.63) is 18.2 Å². The second-order valence-corrected chi connectivity index (χ2v) is 3.45. The number of anilines is 2. The molecule has 2 N–H and O–H groups in total. The molecule has 0 bridgehead atoms. The van der Waals surface area contributed by atoms with Crippen molar-refractivity contribution < 1.29 is 0 Å². The number of nitrogens with one attached hydrogen (secondary N) is 2. The first-order valence-electron chi connectivity index (χ1n) is 4.65. The van der Waals surface area contributed by atoms with Crippen LogP contribution in [0.25, 0.3) is 0 Å². The monoisotopic (exact) mass is 196 g/mol. The van der Waals surface area contributed by atoms with Gasteiger partial charge in [0.15, 0.2) is 0 Å². The van der Waals surface area contributed by atoms with Gasteiger partial charge in [-0.3, -0.25) is 0 Å². The van der Waals surface area contributed by atoms with Crippen molar-refractivity contribution in [2.24, 2.45) is 0 Å². The fourth-order valence-electron chi connectivity index (χ4n) is 1.28. The first kappa shape index (κ1) is 10.3. The average molecular weight is 196 g/mol. The second-order valence-electron chi connectivity index (χ2n) is 2.83. The average Bonchev–Trinajstić information content (AvgIpc) is 2.11. The molecule has 0 saturated heterocycles. The third-order valence-corrected chi connectivity index (χ3v) is 2.30. The number of para-hydroxylation sites is 1. The minimum absolute atomic E-state index is 0.948. The van der Waals surface area contributed by atoms with E-state index in [-0.39, 0.29) is 0 Å². The largest absolute Gasteiger partial charge is 0.384 e. The van der Waals surface area contributed by atoms with Crippen LogP contribution in [0.4, 0.5) is 11.4 Å². The summed E-state index contributed by atoms with van der Waals surface area (Å²) in [7, 11) is 2.74. The predicted octanol–water partition coefficient (Wildman–Crippen LogP) is 2.05. The van der Waals surface area contributed by atoms with E-state index in [1.807, 2.05) is 0 Å². The molecule has 1 atom stereocenters. The zero-order valence-electron chi connectivity index (χ0n) is 8.22. The second kappa shape index (κ2) is 5.08. The summed E-state index contributed by atoms with van der Waals surface area (Å²) in [5.74, 6) is 0. The van der Waals surface area contributed by atoms with E-state index in [4.69, 9.17) is 0 Å². The van der Waals surface area contributed by atoms with E-state index in [0.29, 0.717) is 0 Å². The van der Waals surface area contributed by atoms with Crippen LogP contribution in [0.2, 0.25) is 0 Å². The van der Waals surface area contributed by atoms with Gasteiger partial charge in [-0.15, -0.1) is 9.24 Å². The molecule has 0 aliphatic heterocycles. The summed E-state index contributed by atoms with van der Waals surface area (Å²) in [5, 5.41) is 7.88. The molecule has 72 valence electrons. The summed E-state index contributed by atoms with van der Waals surface area (Å²) in [6.45, 7) is 6.11. The SMILES string of the molecule is CCNc1cccc(P)c1NCC. The van der Waals surface area contributed by atoms with Gasteiger partial charge in [0.25, 0.3) is 0 Å². The molecule has 0 spiro atoms. The Bertz CT molecular complexity index is 274. The molecule has 1 aromatic carbocycles. The fourth-order valence-corrected chi connectivity index (χ4v) is 1.65. The van der Waals surface area contributed by atoms with Gasteiger partial charge in [0, 0.05) is 13.1 Å². The maximum atomic E-state index is 3.35. The van der Waals surface area contributed by atoms with Crippen molar-refractivity contribution in [1.29, 1.82) is 0 Å². The summed E-state index contributed by atoms with van der Waals surface area (Å²) in [4.78, 5) is 0. The summed E-state index contributed by atoms with van der Waals surface area (Å²) in [6.07, 6.45) is 0. The molecule has 0 fully saturated rings. The first-order chi connectivity index (χ1) is 6.29. The molecule has 0 aliphatic carbocycles. The molecule has 2 nitrogen and oxygen atoms in total. The van der Waals surface area contributed by atoms with Crippen LogP contribution in [0.5, 0.6) is 0 Å². The van der Waals surface area contributed by atoms with Crippen LogP contribution in [0, 0.1) is 0 Å². The van der Waals surface area contributed by atoms with E-state index >= 15 is 0 Å². The molecule has 0 heterocycles. The number of hydrogen-bond donors (Lipinski definition) is 2. The Balaban J connectivity index is 2.95. The smallest absolute Gasteiger partial charge is 0.0648 e. The molecule has 0 aromatic heterocycles. The maximum Gasteiger partial charge on any atom is 0.0648 e. The van der Waals surface area contributed by atoms with Crippen LogP contribution < -0.4 is 15.9 Å². The number of benzene rings is 1. The van der Waals surface area contributed by atoms with Crippen molar-refractivity contribution in [1.82, 2.24) is 0 Å². The highest BCUT2D eigenvalue weighted by molar-refractivity contribution is 7.28. The highest BCUT2D eigenvalue weighted by Crippen LogP contribution is 2.20. The zero-order chi connectivity index (χ0) is 9.68. The molecule has 0 radical (unpaired) electrons. The summed E-state index contributed by atoms with van der Waals surface area (Å²) >= 11 is 0. The van der Waals surface area contributed by atoms with E-state index in [9.17, 15) is 0 Å². The molecule has 1 unspecified atom stereocenters. The van der Waals surface area contributed by atoms with E-state index in [2.05, 4.69) is 51.9 Å². The topological polar surface area (TPSA) is 24.1 Å². The first-order valence-corrected chi connectivity index (χ1v) is 5.23. The number of rotatable bonds is 4. The Morgan fingerprint density at radius 1 is 1.15 bits per heavy atom. The third kappa shape index (κ3) is 2.60. The molecule has 13 heavy (non-hydrogen) atoms. The zero-order valence-corrected chi connectivity index (χ0v) is 9.38. The minimum atomic E-state index is 0.948. The quantitative estimate of drug-likeness (QED) is 0.720. The van der Waals surface area contributed by atoms with Gasteiger partial charge in [-0.1, -0.05) is 12.1 Å². The van der Waals surface area contributed by atoms with Crippen molar-refractivity contribution in [3.8, 4) is 0 Å². The van der Waals surface area contributed by atoms with E-state index < -0.39 is 0 Å². The summed E-state index contributed by atoms with van der Waals surface area (Å²) in [6, 6.07) is 6.24. The van der Waals surface area contributed by atoms with Crippen LogP contribution in [0.15, 0.2) is 18.2 Å². The Hall–Kier alpha value is -0.750. The molecule has 0 saturated carbocycles. The fraction of sp³-hybridized carbons (Fsp3) is 0.400. The lowest BCUT2D eigenvalue weighted by atomic mass is 10.2. The molecule has 3 heteroatoms. The van der Waals surface area contributed by atoms with Gasteiger partial charge in [0.05, 0.1) is 11.4 Å². The van der Waals surface area contributed by atoms with Crippen LogP contribution >= 0.6 is 9.24 Å². The molecule has 0 aliphatic rings. The van der Waals surface area contributed by atoms with Crippen molar-refractivity contribution in [2.45, 2.75) is 13.8 Å². The van der Waals surface area contributed by atoms with E-state index in [0.717, 1.165) is 13.1 Å². The predicted molar refractivity (Wildman–Crippen MR) is 64.1 cm³/mol. The standard InChI is InChI=1S/C10H17N2P/c1-3-11-8-6-5-7-9(13)10(8)12-4-2/h5-7,11-12H,3-4,13H2,1-2H3. The van der Waals surface area contributed by atoms with Gasteiger partial charge >= 0.3 is 0 Å². The highest BCUT2D eigenvalue weighted by Gasteiger charge is 2.02. The molecular formula is C10H17N2P. The van der Waals surface area contributed by atoms with Gasteiger partial charge < -0.3 is 10.6 Å². The van der Waals surface area contributed by atoms with Gasteiger partial charge in [0.2, 0.25) is 0 Å². The number of hydrogen-bond acceptors (Lipinski definition) is 2. The van der Waals surface area contributed by atoms with Crippen LogP contribution in [-0.2, 0) is 0 Å². The lowest BCUT2D eigenvalue weighted by molar-refractivity contribution is 1.18. The minimum Gasteiger partial charge on any atom is -0.384 e. The summed E-state index contributed by atoms with van der Waals surface area (Å²) in [5.41, 5.74) is 2.37.